The molecule has 3 rings (SSSR count). The van der Waals surface area contributed by atoms with Crippen molar-refractivity contribution in [1.82, 2.24) is 15.2 Å². The first kappa shape index (κ1) is 26.5. The predicted molar refractivity (Wildman–Crippen MR) is 144 cm³/mol. The van der Waals surface area contributed by atoms with Crippen molar-refractivity contribution in [3.8, 4) is 0 Å². The van der Waals surface area contributed by atoms with Crippen LogP contribution in [-0.2, 0) is 6.54 Å². The third kappa shape index (κ3) is 5.92. The number of aryl methyl sites for hydroxylation is 2. The van der Waals surface area contributed by atoms with E-state index >= 15 is 0 Å². The van der Waals surface area contributed by atoms with Crippen LogP contribution in [0.2, 0.25) is 0 Å². The molecule has 34 heavy (non-hydrogen) atoms. The average molecular weight is 532 g/mol. The van der Waals surface area contributed by atoms with E-state index in [9.17, 15) is 9.59 Å². The van der Waals surface area contributed by atoms with Crippen molar-refractivity contribution in [3.05, 3.63) is 60.5 Å². The minimum Gasteiger partial charge on any atom is -0.382 e. The maximum absolute atomic E-state index is 13.3. The van der Waals surface area contributed by atoms with Crippen LogP contribution in [0.5, 0.6) is 0 Å². The normalized spacial score (nSPS) is 19.2. The van der Waals surface area contributed by atoms with Gasteiger partial charge >= 0.3 is 0 Å². The molecule has 1 atom stereocenters. The molecule has 186 valence electrons. The summed E-state index contributed by atoms with van der Waals surface area (Å²) in [7, 11) is 4.34. The molecule has 1 unspecified atom stereocenters. The van der Waals surface area contributed by atoms with E-state index in [1.54, 1.807) is 0 Å². The van der Waals surface area contributed by atoms with E-state index in [0.29, 0.717) is 29.1 Å². The van der Waals surface area contributed by atoms with Crippen LogP contribution in [-0.4, -0.2) is 42.0 Å². The number of rotatable bonds is 7. The predicted octanol–water partition coefficient (Wildman–Crippen LogP) is 5.22. The van der Waals surface area contributed by atoms with Crippen LogP contribution in [0.15, 0.2) is 21.4 Å². The highest BCUT2D eigenvalue weighted by atomic mass is 79.9. The lowest BCUT2D eigenvalue weighted by molar-refractivity contribution is 0.0949. The van der Waals surface area contributed by atoms with Crippen LogP contribution >= 0.6 is 15.9 Å². The van der Waals surface area contributed by atoms with Crippen molar-refractivity contribution >= 4 is 27.5 Å². The molecule has 1 amide bonds. The fraction of sp³-hybridized carbons (Fsp3) is 0.556. The Balaban J connectivity index is 1.76. The number of carbonyl (C=O) groups excluding carboxylic acids is 1. The van der Waals surface area contributed by atoms with Crippen LogP contribution in [0.3, 0.4) is 0 Å². The van der Waals surface area contributed by atoms with Crippen LogP contribution in [0.25, 0.3) is 0 Å². The van der Waals surface area contributed by atoms with Crippen LogP contribution in [0.1, 0.15) is 70.9 Å². The van der Waals surface area contributed by atoms with Crippen molar-refractivity contribution < 1.29 is 4.79 Å². The number of halogens is 1. The summed E-state index contributed by atoms with van der Waals surface area (Å²) in [5, 5.41) is 6.68. The van der Waals surface area contributed by atoms with Crippen molar-refractivity contribution in [2.75, 3.05) is 19.4 Å². The zero-order valence-corrected chi connectivity index (χ0v) is 23.1. The van der Waals surface area contributed by atoms with Gasteiger partial charge in [0.1, 0.15) is 0 Å². The molecule has 6 nitrogen and oxygen atoms in total. The van der Waals surface area contributed by atoms with Gasteiger partial charge in [-0.1, -0.05) is 15.9 Å². The largest absolute Gasteiger partial charge is 0.382 e. The Labute approximate surface area is 212 Å². The Morgan fingerprint density at radius 1 is 1.12 bits per heavy atom. The molecule has 0 radical (unpaired) electrons. The molecule has 1 aliphatic rings. The molecule has 1 aromatic heterocycles. The van der Waals surface area contributed by atoms with Crippen LogP contribution in [0, 0.1) is 33.6 Å². The molecule has 1 saturated carbocycles. The molecule has 0 bridgehead atoms. The number of hydrogen-bond acceptors (Lipinski definition) is 4. The summed E-state index contributed by atoms with van der Waals surface area (Å²) < 4.78 is 0.902. The molecule has 7 heteroatoms. The van der Waals surface area contributed by atoms with E-state index in [0.717, 1.165) is 32.5 Å². The molecular weight excluding hydrogens is 492 g/mol. The van der Waals surface area contributed by atoms with Crippen LogP contribution < -0.4 is 16.2 Å². The van der Waals surface area contributed by atoms with E-state index in [4.69, 9.17) is 0 Å². The average Bonchev–Trinajstić information content (AvgIpc) is 2.76. The number of pyridine rings is 1. The maximum atomic E-state index is 13.3. The van der Waals surface area contributed by atoms with Gasteiger partial charge in [0.15, 0.2) is 0 Å². The quantitative estimate of drug-likeness (QED) is 0.458. The second-order valence-electron chi connectivity index (χ2n) is 10.1. The topological polar surface area (TPSA) is 77.2 Å². The van der Waals surface area contributed by atoms with E-state index in [1.165, 1.54) is 25.7 Å². The number of anilines is 1. The zero-order chi connectivity index (χ0) is 25.2. The molecule has 1 fully saturated rings. The summed E-state index contributed by atoms with van der Waals surface area (Å²) in [6, 6.07) is 5.01. The van der Waals surface area contributed by atoms with Gasteiger partial charge < -0.3 is 20.5 Å². The van der Waals surface area contributed by atoms with Gasteiger partial charge in [-0.15, -0.1) is 0 Å². The lowest BCUT2D eigenvalue weighted by atomic mass is 9.81. The van der Waals surface area contributed by atoms with Crippen LogP contribution in [0.4, 0.5) is 5.69 Å². The first-order valence-corrected chi connectivity index (χ1v) is 13.0. The van der Waals surface area contributed by atoms with Gasteiger partial charge in [-0.05, 0) is 109 Å². The Kier molecular flexibility index (Phi) is 8.63. The standard InChI is InChI=1S/C27H39BrN4O2/c1-15-12-16(2)30-26(33)22(15)14-29-27(34)25-17(3)23(28)13-24(18(25)4)31-19(5)20-8-10-21(11-9-20)32(6)7/h12-13,19-21,31H,8-11,14H2,1-7H3,(H,29,34)(H,30,33)/t19?,20-,21-. The second-order valence-corrected chi connectivity index (χ2v) is 11.0. The molecular formula is C27H39BrN4O2. The third-order valence-electron chi connectivity index (χ3n) is 7.49. The Morgan fingerprint density at radius 2 is 1.76 bits per heavy atom. The third-order valence-corrected chi connectivity index (χ3v) is 8.32. The van der Waals surface area contributed by atoms with Gasteiger partial charge in [0.2, 0.25) is 0 Å². The molecule has 2 aromatic rings. The van der Waals surface area contributed by atoms with Gasteiger partial charge in [-0.2, -0.15) is 0 Å². The summed E-state index contributed by atoms with van der Waals surface area (Å²) in [5.41, 5.74) is 5.59. The Bertz CT molecular complexity index is 1100. The first-order valence-electron chi connectivity index (χ1n) is 12.2. The van der Waals surface area contributed by atoms with Gasteiger partial charge in [0.25, 0.3) is 11.5 Å². The number of amides is 1. The number of carbonyl (C=O) groups is 1. The highest BCUT2D eigenvalue weighted by Crippen LogP contribution is 2.34. The lowest BCUT2D eigenvalue weighted by Crippen LogP contribution is -2.36. The molecule has 0 aliphatic heterocycles. The fourth-order valence-electron chi connectivity index (χ4n) is 5.21. The highest BCUT2D eigenvalue weighted by molar-refractivity contribution is 9.10. The lowest BCUT2D eigenvalue weighted by Gasteiger charge is -2.36. The molecule has 3 N–H and O–H groups in total. The summed E-state index contributed by atoms with van der Waals surface area (Å²) >= 11 is 3.66. The number of H-pyrrole nitrogens is 1. The maximum Gasteiger partial charge on any atom is 0.253 e. The minimum absolute atomic E-state index is 0.152. The van der Waals surface area contributed by atoms with E-state index < -0.39 is 0 Å². The van der Waals surface area contributed by atoms with Crippen molar-refractivity contribution in [2.45, 2.75) is 78.9 Å². The van der Waals surface area contributed by atoms with Crippen molar-refractivity contribution in [1.29, 1.82) is 0 Å². The molecule has 1 heterocycles. The number of nitrogens with one attached hydrogen (secondary N) is 3. The first-order chi connectivity index (χ1) is 16.0. The van der Waals surface area contributed by atoms with Crippen molar-refractivity contribution in [2.24, 2.45) is 5.92 Å². The Hall–Kier alpha value is -2.12. The van der Waals surface area contributed by atoms with Crippen molar-refractivity contribution in [3.63, 3.8) is 0 Å². The Morgan fingerprint density at radius 3 is 2.35 bits per heavy atom. The summed E-state index contributed by atoms with van der Waals surface area (Å²) in [6.07, 6.45) is 4.87. The molecule has 1 aromatic carbocycles. The number of nitrogens with zero attached hydrogens (tertiary/aromatic N) is 1. The van der Waals surface area contributed by atoms with Gasteiger partial charge in [-0.25, -0.2) is 0 Å². The molecule has 0 spiro atoms. The summed E-state index contributed by atoms with van der Waals surface area (Å²) in [4.78, 5) is 30.8. The molecule has 0 saturated heterocycles. The zero-order valence-electron chi connectivity index (χ0n) is 21.6. The van der Waals surface area contributed by atoms with E-state index in [2.05, 4.69) is 63.5 Å². The van der Waals surface area contributed by atoms with Gasteiger partial charge in [0, 0.05) is 45.6 Å². The molecule has 1 aliphatic carbocycles. The monoisotopic (exact) mass is 530 g/mol. The number of aromatic nitrogens is 1. The fourth-order valence-corrected chi connectivity index (χ4v) is 5.64. The van der Waals surface area contributed by atoms with E-state index in [1.807, 2.05) is 33.8 Å². The number of hydrogen-bond donors (Lipinski definition) is 3. The van der Waals surface area contributed by atoms with E-state index in [-0.39, 0.29) is 18.0 Å². The highest BCUT2D eigenvalue weighted by Gasteiger charge is 2.27. The summed E-state index contributed by atoms with van der Waals surface area (Å²) in [5.74, 6) is 0.446. The number of benzene rings is 1. The van der Waals surface area contributed by atoms with Gasteiger partial charge in [0.05, 0.1) is 0 Å². The SMILES string of the molecule is Cc1cc(C)c(CNC(=O)c2c(C)c(Br)cc(NC(C)[C@H]3CC[C@H](N(C)C)CC3)c2C)c(=O)[nH]1. The summed E-state index contributed by atoms with van der Waals surface area (Å²) in [6.45, 7) is 10.1. The second kappa shape index (κ2) is 11.1. The number of aromatic amines is 1. The van der Waals surface area contributed by atoms with Gasteiger partial charge in [-0.3, -0.25) is 9.59 Å². The smallest absolute Gasteiger partial charge is 0.253 e. The minimum atomic E-state index is -0.169.